The van der Waals surface area contributed by atoms with Crippen LogP contribution in [0.3, 0.4) is 0 Å². The van der Waals surface area contributed by atoms with Crippen molar-refractivity contribution < 1.29 is 0 Å². The molecule has 0 aliphatic heterocycles. The topological polar surface area (TPSA) is 75.0 Å². The third-order valence-electron chi connectivity index (χ3n) is 2.30. The molecule has 0 bridgehead atoms. The van der Waals surface area contributed by atoms with Crippen molar-refractivity contribution in [1.82, 2.24) is 4.98 Å². The van der Waals surface area contributed by atoms with E-state index in [9.17, 15) is 0 Å². The smallest absolute Gasteiger partial charge is 0.151 e. The number of hydrazine groups is 1. The number of hydrogen-bond donors (Lipinski definition) is 4. The number of nitrogens with zero attached hydrogens (tertiary/aromatic N) is 1. The number of nitrogen functional groups attached to an aromatic ring is 1. The molecule has 0 unspecified atom stereocenters. The van der Waals surface area contributed by atoms with Crippen molar-refractivity contribution in [1.29, 1.82) is 0 Å². The fourth-order valence-electron chi connectivity index (χ4n) is 1.38. The molecule has 17 heavy (non-hydrogen) atoms. The number of benzene rings is 1. The second-order valence-electron chi connectivity index (χ2n) is 3.50. The summed E-state index contributed by atoms with van der Waals surface area (Å²) >= 11 is 0. The lowest BCUT2D eigenvalue weighted by Gasteiger charge is -2.11. The van der Waals surface area contributed by atoms with Crippen molar-refractivity contribution in [3.8, 4) is 0 Å². The Hall–Kier alpha value is -2.43. The van der Waals surface area contributed by atoms with E-state index in [0.29, 0.717) is 5.82 Å². The van der Waals surface area contributed by atoms with Crippen LogP contribution >= 0.6 is 0 Å². The van der Waals surface area contributed by atoms with Gasteiger partial charge in [-0.1, -0.05) is 18.2 Å². The predicted molar refractivity (Wildman–Crippen MR) is 71.9 cm³/mol. The third kappa shape index (κ3) is 2.78. The van der Waals surface area contributed by atoms with Crippen molar-refractivity contribution in [2.75, 3.05) is 28.9 Å². The van der Waals surface area contributed by atoms with Crippen LogP contribution < -0.4 is 21.9 Å². The lowest BCUT2D eigenvalue weighted by molar-refractivity contribution is 1.28. The zero-order valence-corrected chi connectivity index (χ0v) is 9.57. The van der Waals surface area contributed by atoms with Crippen LogP contribution in [-0.2, 0) is 0 Å². The monoisotopic (exact) mass is 229 g/mol. The number of nitrogens with one attached hydrogen (secondary N) is 3. The Labute approximate surface area is 100 Å². The Kier molecular flexibility index (Phi) is 3.30. The summed E-state index contributed by atoms with van der Waals surface area (Å²) in [5.41, 5.74) is 13.6. The Morgan fingerprint density at radius 2 is 1.76 bits per heavy atom. The Balaban J connectivity index is 2.04. The first-order valence-corrected chi connectivity index (χ1v) is 5.31. The molecular weight excluding hydrogens is 214 g/mol. The van der Waals surface area contributed by atoms with E-state index in [1.54, 1.807) is 7.05 Å². The maximum absolute atomic E-state index is 5.81. The molecule has 1 heterocycles. The number of nitrogens with two attached hydrogens (primary N) is 1. The van der Waals surface area contributed by atoms with E-state index in [1.165, 1.54) is 0 Å². The molecule has 0 aliphatic carbocycles. The van der Waals surface area contributed by atoms with Gasteiger partial charge in [0.25, 0.3) is 0 Å². The first kappa shape index (κ1) is 11.1. The van der Waals surface area contributed by atoms with Crippen molar-refractivity contribution in [2.24, 2.45) is 0 Å². The fraction of sp³-hybridized carbons (Fsp3) is 0.0833. The molecule has 0 aliphatic rings. The number of anilines is 4. The van der Waals surface area contributed by atoms with Gasteiger partial charge in [0, 0.05) is 7.05 Å². The van der Waals surface area contributed by atoms with E-state index >= 15 is 0 Å². The molecule has 5 N–H and O–H groups in total. The van der Waals surface area contributed by atoms with Crippen LogP contribution in [0, 0.1) is 0 Å². The number of pyridine rings is 1. The number of rotatable bonds is 4. The average Bonchev–Trinajstić information content (AvgIpc) is 2.38. The van der Waals surface area contributed by atoms with Crippen LogP contribution in [0.25, 0.3) is 0 Å². The van der Waals surface area contributed by atoms with Crippen molar-refractivity contribution in [3.05, 3.63) is 42.5 Å². The van der Waals surface area contributed by atoms with Crippen LogP contribution in [0.2, 0.25) is 0 Å². The molecule has 0 amide bonds. The maximum Gasteiger partial charge on any atom is 0.151 e. The van der Waals surface area contributed by atoms with Crippen LogP contribution in [-0.4, -0.2) is 12.0 Å². The van der Waals surface area contributed by atoms with Gasteiger partial charge in [0.05, 0.1) is 11.4 Å². The molecule has 0 atom stereocenters. The van der Waals surface area contributed by atoms with Gasteiger partial charge >= 0.3 is 0 Å². The predicted octanol–water partition coefficient (Wildman–Crippen LogP) is 2.14. The molecule has 1 aromatic heterocycles. The summed E-state index contributed by atoms with van der Waals surface area (Å²) in [5.74, 6) is 1.19. The molecule has 0 radical (unpaired) electrons. The van der Waals surface area contributed by atoms with Gasteiger partial charge < -0.3 is 16.5 Å². The first-order valence-electron chi connectivity index (χ1n) is 5.31. The molecule has 0 saturated carbocycles. The summed E-state index contributed by atoms with van der Waals surface area (Å²) < 4.78 is 0. The maximum atomic E-state index is 5.81. The lowest BCUT2D eigenvalue weighted by Crippen LogP contribution is -2.11. The lowest BCUT2D eigenvalue weighted by atomic mass is 10.3. The molecule has 5 nitrogen and oxygen atoms in total. The van der Waals surface area contributed by atoms with Crippen molar-refractivity contribution >= 4 is 23.0 Å². The molecule has 88 valence electrons. The van der Waals surface area contributed by atoms with Crippen LogP contribution in [0.15, 0.2) is 42.5 Å². The molecule has 0 fully saturated rings. The second-order valence-corrected chi connectivity index (χ2v) is 3.50. The highest BCUT2D eigenvalue weighted by atomic mass is 15.4. The van der Waals surface area contributed by atoms with Gasteiger partial charge in [-0.3, -0.25) is 5.43 Å². The van der Waals surface area contributed by atoms with Crippen molar-refractivity contribution in [3.63, 3.8) is 0 Å². The fourth-order valence-corrected chi connectivity index (χ4v) is 1.38. The quantitative estimate of drug-likeness (QED) is 0.604. The van der Waals surface area contributed by atoms with Gasteiger partial charge in [-0.15, -0.1) is 0 Å². The number of hydrogen-bond acceptors (Lipinski definition) is 5. The zero-order chi connectivity index (χ0) is 12.1. The van der Waals surface area contributed by atoms with E-state index in [0.717, 1.165) is 17.2 Å². The van der Waals surface area contributed by atoms with Gasteiger partial charge in [0.2, 0.25) is 0 Å². The third-order valence-corrected chi connectivity index (χ3v) is 2.30. The van der Waals surface area contributed by atoms with Gasteiger partial charge in [0.1, 0.15) is 5.82 Å². The van der Waals surface area contributed by atoms with Gasteiger partial charge in [-0.2, -0.15) is 0 Å². The largest absolute Gasteiger partial charge is 0.382 e. The summed E-state index contributed by atoms with van der Waals surface area (Å²) in [6.07, 6.45) is 0. The first-order chi connectivity index (χ1) is 8.29. The van der Waals surface area contributed by atoms with Crippen LogP contribution in [0.5, 0.6) is 0 Å². The van der Waals surface area contributed by atoms with Crippen molar-refractivity contribution in [2.45, 2.75) is 0 Å². The minimum absolute atomic E-state index is 0.445. The molecule has 1 aromatic carbocycles. The van der Waals surface area contributed by atoms with E-state index in [-0.39, 0.29) is 0 Å². The highest BCUT2D eigenvalue weighted by Gasteiger charge is 2.00. The van der Waals surface area contributed by atoms with E-state index in [4.69, 9.17) is 5.73 Å². The second kappa shape index (κ2) is 5.07. The SMILES string of the molecule is CNc1ccc(NNc2ccccc2)c(N)n1. The van der Waals surface area contributed by atoms with Gasteiger partial charge in [-0.25, -0.2) is 4.98 Å². The molecular formula is C12H15N5. The van der Waals surface area contributed by atoms with E-state index in [2.05, 4.69) is 21.2 Å². The van der Waals surface area contributed by atoms with Crippen LogP contribution in [0.4, 0.5) is 23.0 Å². The molecule has 0 spiro atoms. The highest BCUT2D eigenvalue weighted by Crippen LogP contribution is 2.18. The van der Waals surface area contributed by atoms with Gasteiger partial charge in [-0.05, 0) is 24.3 Å². The summed E-state index contributed by atoms with van der Waals surface area (Å²) in [7, 11) is 1.80. The Bertz CT molecular complexity index is 484. The summed E-state index contributed by atoms with van der Waals surface area (Å²) in [5, 5.41) is 2.93. The van der Waals surface area contributed by atoms with E-state index < -0.39 is 0 Å². The normalized spacial score (nSPS) is 9.71. The Morgan fingerprint density at radius 1 is 1.00 bits per heavy atom. The average molecular weight is 229 g/mol. The highest BCUT2D eigenvalue weighted by molar-refractivity contribution is 5.66. The summed E-state index contributed by atoms with van der Waals surface area (Å²) in [6.45, 7) is 0. The summed E-state index contributed by atoms with van der Waals surface area (Å²) in [4.78, 5) is 4.17. The molecule has 5 heteroatoms. The standard InChI is InChI=1S/C12H15N5/c1-14-11-8-7-10(12(13)15-11)17-16-9-5-3-2-4-6-9/h2-8,16-17H,1H3,(H3,13,14,15). The van der Waals surface area contributed by atoms with E-state index in [1.807, 2.05) is 42.5 Å². The van der Waals surface area contributed by atoms with Crippen LogP contribution in [0.1, 0.15) is 0 Å². The zero-order valence-electron chi connectivity index (χ0n) is 9.57. The summed E-state index contributed by atoms with van der Waals surface area (Å²) in [6, 6.07) is 13.5. The number of aromatic nitrogens is 1. The number of para-hydroxylation sites is 1. The molecule has 2 rings (SSSR count). The molecule has 0 saturated heterocycles. The Morgan fingerprint density at radius 3 is 2.41 bits per heavy atom. The minimum atomic E-state index is 0.445. The minimum Gasteiger partial charge on any atom is -0.382 e. The molecule has 2 aromatic rings. The van der Waals surface area contributed by atoms with Gasteiger partial charge in [0.15, 0.2) is 5.82 Å².